The van der Waals surface area contributed by atoms with Gasteiger partial charge in [0.2, 0.25) is 5.12 Å². The van der Waals surface area contributed by atoms with Crippen molar-refractivity contribution in [3.8, 4) is 0 Å². The predicted octanol–water partition coefficient (Wildman–Crippen LogP) is 2.13. The third-order valence-electron chi connectivity index (χ3n) is 2.16. The summed E-state index contributed by atoms with van der Waals surface area (Å²) >= 11 is 1.52. The van der Waals surface area contributed by atoms with Crippen LogP contribution in [0.25, 0.3) is 0 Å². The van der Waals surface area contributed by atoms with Crippen LogP contribution in [0.2, 0.25) is 0 Å². The lowest BCUT2D eigenvalue weighted by atomic mass is 9.95. The van der Waals surface area contributed by atoms with Gasteiger partial charge in [0.05, 0.1) is 0 Å². The highest BCUT2D eigenvalue weighted by atomic mass is 32.2. The molecule has 0 N–H and O–H groups in total. The molecule has 1 aliphatic carbocycles. The highest BCUT2D eigenvalue weighted by Crippen LogP contribution is 2.38. The molecule has 0 spiro atoms. The maximum absolute atomic E-state index is 10.9. The molecule has 2 aliphatic rings. The zero-order valence-corrected chi connectivity index (χ0v) is 6.62. The maximum Gasteiger partial charge on any atom is 0.212 e. The molecule has 1 aliphatic heterocycles. The minimum Gasteiger partial charge on any atom is -0.282 e. The van der Waals surface area contributed by atoms with Crippen LogP contribution in [-0.4, -0.2) is 10.4 Å². The molecule has 2 rings (SSSR count). The Morgan fingerprint density at radius 3 is 3.20 bits per heavy atom. The fraction of sp³-hybridized carbons (Fsp3) is 0.625. The average molecular weight is 154 g/mol. The Bertz CT molecular complexity index is 195. The summed E-state index contributed by atoms with van der Waals surface area (Å²) < 4.78 is 0. The summed E-state index contributed by atoms with van der Waals surface area (Å²) in [6.07, 6.45) is 6.83. The molecule has 1 fully saturated rings. The summed E-state index contributed by atoms with van der Waals surface area (Å²) in [5.41, 5.74) is 1.40. The molecular formula is C8H10OS. The van der Waals surface area contributed by atoms with E-state index in [-0.39, 0.29) is 5.12 Å². The zero-order valence-electron chi connectivity index (χ0n) is 5.80. The first-order chi connectivity index (χ1) is 4.86. The van der Waals surface area contributed by atoms with Crippen LogP contribution in [0.5, 0.6) is 0 Å². The van der Waals surface area contributed by atoms with Crippen molar-refractivity contribution in [2.45, 2.75) is 30.9 Å². The van der Waals surface area contributed by atoms with E-state index >= 15 is 0 Å². The molecule has 54 valence electrons. The third-order valence-corrected chi connectivity index (χ3v) is 3.33. The molecule has 0 saturated heterocycles. The third kappa shape index (κ3) is 1.01. The first-order valence-corrected chi connectivity index (χ1v) is 4.65. The van der Waals surface area contributed by atoms with E-state index in [0.29, 0.717) is 5.25 Å². The predicted molar refractivity (Wildman–Crippen MR) is 42.9 cm³/mol. The Labute approximate surface area is 64.9 Å². The largest absolute Gasteiger partial charge is 0.282 e. The number of hydrogen-bond acceptors (Lipinski definition) is 2. The summed E-state index contributed by atoms with van der Waals surface area (Å²) in [5, 5.41) is 0.850. The van der Waals surface area contributed by atoms with Crippen LogP contribution < -0.4 is 0 Å². The summed E-state index contributed by atoms with van der Waals surface area (Å²) in [4.78, 5) is 10.9. The van der Waals surface area contributed by atoms with Crippen molar-refractivity contribution in [1.29, 1.82) is 0 Å². The molecule has 1 unspecified atom stereocenters. The van der Waals surface area contributed by atoms with Crippen molar-refractivity contribution >= 4 is 16.9 Å². The monoisotopic (exact) mass is 154 g/mol. The molecule has 2 heteroatoms. The minimum atomic E-state index is 0.280. The molecule has 1 saturated carbocycles. The standard InChI is InChI=1S/C8H10OS/c9-8-5-6-3-1-2-4-7(6)10-8/h5,7H,1-4H2. The Balaban J connectivity index is 2.17. The maximum atomic E-state index is 10.9. The topological polar surface area (TPSA) is 17.1 Å². The highest BCUT2D eigenvalue weighted by molar-refractivity contribution is 8.15. The van der Waals surface area contributed by atoms with E-state index in [1.165, 1.54) is 43.0 Å². The van der Waals surface area contributed by atoms with Gasteiger partial charge in [0.25, 0.3) is 0 Å². The Kier molecular flexibility index (Phi) is 1.57. The zero-order chi connectivity index (χ0) is 6.97. The molecule has 0 amide bonds. The van der Waals surface area contributed by atoms with Crippen molar-refractivity contribution in [2.24, 2.45) is 0 Å². The highest BCUT2D eigenvalue weighted by Gasteiger charge is 2.27. The molecule has 0 radical (unpaired) electrons. The number of carbonyl (C=O) groups is 1. The van der Waals surface area contributed by atoms with Crippen LogP contribution in [0.1, 0.15) is 25.7 Å². The quantitative estimate of drug-likeness (QED) is 0.531. The van der Waals surface area contributed by atoms with Crippen LogP contribution in [0, 0.1) is 0 Å². The second-order valence-electron chi connectivity index (χ2n) is 2.89. The van der Waals surface area contributed by atoms with E-state index in [9.17, 15) is 4.79 Å². The van der Waals surface area contributed by atoms with E-state index in [1.54, 1.807) is 0 Å². The minimum absolute atomic E-state index is 0.280. The van der Waals surface area contributed by atoms with Gasteiger partial charge in [-0.15, -0.1) is 0 Å². The molecule has 0 aromatic carbocycles. The second kappa shape index (κ2) is 2.42. The SMILES string of the molecule is O=C1C=C2CCCCC2S1. The van der Waals surface area contributed by atoms with Crippen LogP contribution >= 0.6 is 11.8 Å². The summed E-state index contributed by atoms with van der Waals surface area (Å²) in [7, 11) is 0. The van der Waals surface area contributed by atoms with Crippen LogP contribution in [-0.2, 0) is 4.79 Å². The molecule has 0 aromatic rings. The van der Waals surface area contributed by atoms with Gasteiger partial charge in [0, 0.05) is 5.25 Å². The molecule has 0 bridgehead atoms. The summed E-state index contributed by atoms with van der Waals surface area (Å²) in [6, 6.07) is 0. The molecule has 10 heavy (non-hydrogen) atoms. The Morgan fingerprint density at radius 1 is 1.50 bits per heavy atom. The van der Waals surface area contributed by atoms with Crippen molar-refractivity contribution in [3.63, 3.8) is 0 Å². The van der Waals surface area contributed by atoms with Gasteiger partial charge in [0.1, 0.15) is 0 Å². The lowest BCUT2D eigenvalue weighted by Crippen LogP contribution is -2.07. The summed E-state index contributed by atoms with van der Waals surface area (Å²) in [6.45, 7) is 0. The lowest BCUT2D eigenvalue weighted by molar-refractivity contribution is -0.106. The van der Waals surface area contributed by atoms with E-state index in [0.717, 1.165) is 0 Å². The fourth-order valence-corrected chi connectivity index (χ4v) is 2.75. The first kappa shape index (κ1) is 6.47. The molecular weight excluding hydrogens is 144 g/mol. The van der Waals surface area contributed by atoms with Gasteiger partial charge in [0.15, 0.2) is 0 Å². The average Bonchev–Trinajstić information content (AvgIpc) is 2.27. The summed E-state index contributed by atoms with van der Waals surface area (Å²) in [5.74, 6) is 0. The van der Waals surface area contributed by atoms with Gasteiger partial charge in [-0.1, -0.05) is 23.8 Å². The number of rotatable bonds is 0. The molecule has 1 nitrogen and oxygen atoms in total. The van der Waals surface area contributed by atoms with E-state index in [2.05, 4.69) is 0 Å². The van der Waals surface area contributed by atoms with Crippen molar-refractivity contribution in [2.75, 3.05) is 0 Å². The first-order valence-electron chi connectivity index (χ1n) is 3.77. The Morgan fingerprint density at radius 2 is 2.40 bits per heavy atom. The second-order valence-corrected chi connectivity index (χ2v) is 4.10. The number of fused-ring (bicyclic) bond motifs is 1. The normalized spacial score (nSPS) is 31.8. The van der Waals surface area contributed by atoms with E-state index < -0.39 is 0 Å². The van der Waals surface area contributed by atoms with Gasteiger partial charge >= 0.3 is 0 Å². The van der Waals surface area contributed by atoms with Crippen molar-refractivity contribution in [1.82, 2.24) is 0 Å². The van der Waals surface area contributed by atoms with Gasteiger partial charge in [-0.05, 0) is 25.3 Å². The number of thioether (sulfide) groups is 1. The van der Waals surface area contributed by atoms with Crippen LogP contribution in [0.4, 0.5) is 0 Å². The smallest absolute Gasteiger partial charge is 0.212 e. The van der Waals surface area contributed by atoms with Gasteiger partial charge in [-0.3, -0.25) is 4.79 Å². The molecule has 1 atom stereocenters. The fourth-order valence-electron chi connectivity index (χ4n) is 1.63. The van der Waals surface area contributed by atoms with E-state index in [1.807, 2.05) is 6.08 Å². The van der Waals surface area contributed by atoms with Gasteiger partial charge in [-0.25, -0.2) is 0 Å². The van der Waals surface area contributed by atoms with E-state index in [4.69, 9.17) is 0 Å². The number of carbonyl (C=O) groups excluding carboxylic acids is 1. The van der Waals surface area contributed by atoms with Gasteiger partial charge < -0.3 is 0 Å². The van der Waals surface area contributed by atoms with Crippen molar-refractivity contribution in [3.05, 3.63) is 11.6 Å². The Hall–Kier alpha value is -0.240. The number of hydrogen-bond donors (Lipinski definition) is 0. The lowest BCUT2D eigenvalue weighted by Gasteiger charge is -2.18. The van der Waals surface area contributed by atoms with Crippen molar-refractivity contribution < 1.29 is 4.79 Å². The molecule has 0 aromatic heterocycles. The van der Waals surface area contributed by atoms with Gasteiger partial charge in [-0.2, -0.15) is 0 Å². The van der Waals surface area contributed by atoms with Crippen LogP contribution in [0.15, 0.2) is 11.6 Å². The van der Waals surface area contributed by atoms with Crippen LogP contribution in [0.3, 0.4) is 0 Å². The molecule has 1 heterocycles.